The van der Waals surface area contributed by atoms with Gasteiger partial charge in [0.25, 0.3) is 0 Å². The Balaban J connectivity index is 1.98. The van der Waals surface area contributed by atoms with Crippen molar-refractivity contribution in [1.82, 2.24) is 0 Å². The number of thiocarbonyl (C=S) groups is 1. The lowest BCUT2D eigenvalue weighted by atomic mass is 10.1. The largest absolute Gasteiger partial charge is 0.393 e. The van der Waals surface area contributed by atoms with Crippen LogP contribution in [0.5, 0.6) is 0 Å². The summed E-state index contributed by atoms with van der Waals surface area (Å²) in [5.41, 5.74) is 6.71. The van der Waals surface area contributed by atoms with Gasteiger partial charge in [-0.3, -0.25) is 0 Å². The summed E-state index contributed by atoms with van der Waals surface area (Å²) in [6.45, 7) is 0. The van der Waals surface area contributed by atoms with Gasteiger partial charge in [0.05, 0.1) is 15.1 Å². The molecular weight excluding hydrogens is 418 g/mol. The van der Waals surface area contributed by atoms with Gasteiger partial charge >= 0.3 is 0 Å². The molecule has 0 amide bonds. The molecule has 0 saturated heterocycles. The number of hydrogen-bond donors (Lipinski definition) is 1. The Kier molecular flexibility index (Phi) is 4.53. The zero-order valence-electron chi connectivity index (χ0n) is 11.8. The fourth-order valence-corrected chi connectivity index (χ4v) is 5.79. The lowest BCUT2D eigenvalue weighted by Crippen LogP contribution is -2.17. The number of halogens is 2. The highest BCUT2D eigenvalue weighted by Gasteiger charge is 2.60. The fraction of sp³-hybridized carbons (Fsp3) is 0.188. The van der Waals surface area contributed by atoms with Crippen LogP contribution in [-0.4, -0.2) is 18.7 Å². The van der Waals surface area contributed by atoms with E-state index < -0.39 is 15.1 Å². The maximum atomic E-state index is 12.9. The van der Waals surface area contributed by atoms with E-state index in [2.05, 4.69) is 15.9 Å². The summed E-state index contributed by atoms with van der Waals surface area (Å²) >= 11 is 14.3. The second kappa shape index (κ2) is 6.16. The van der Waals surface area contributed by atoms with E-state index in [1.54, 1.807) is 12.1 Å². The van der Waals surface area contributed by atoms with Crippen molar-refractivity contribution in [3.63, 3.8) is 0 Å². The van der Waals surface area contributed by atoms with Gasteiger partial charge < -0.3 is 5.73 Å². The Morgan fingerprint density at radius 1 is 1.09 bits per heavy atom. The van der Waals surface area contributed by atoms with Crippen molar-refractivity contribution < 1.29 is 8.42 Å². The van der Waals surface area contributed by atoms with Crippen molar-refractivity contribution in [3.8, 4) is 0 Å². The number of benzene rings is 2. The van der Waals surface area contributed by atoms with Crippen LogP contribution in [0, 0.1) is 5.92 Å². The third-order valence-electron chi connectivity index (χ3n) is 4.04. The topological polar surface area (TPSA) is 60.2 Å². The number of hydrogen-bond acceptors (Lipinski definition) is 3. The monoisotopic (exact) mass is 429 g/mol. The molecule has 3 unspecified atom stereocenters. The molecule has 1 saturated carbocycles. The minimum atomic E-state index is -3.52. The van der Waals surface area contributed by atoms with Crippen LogP contribution in [0.1, 0.15) is 11.5 Å². The molecule has 3 nitrogen and oxygen atoms in total. The first-order chi connectivity index (χ1) is 10.8. The maximum Gasteiger partial charge on any atom is 0.182 e. The summed E-state index contributed by atoms with van der Waals surface area (Å²) in [5, 5.41) is -0.127. The van der Waals surface area contributed by atoms with Gasteiger partial charge in [0, 0.05) is 21.3 Å². The van der Waals surface area contributed by atoms with Gasteiger partial charge in [-0.1, -0.05) is 51.9 Å². The molecule has 0 radical (unpaired) electrons. The molecule has 120 valence electrons. The normalized spacial score (nSPS) is 23.5. The van der Waals surface area contributed by atoms with Crippen LogP contribution < -0.4 is 5.73 Å². The molecule has 0 bridgehead atoms. The first-order valence-corrected chi connectivity index (χ1v) is 9.99. The van der Waals surface area contributed by atoms with Crippen molar-refractivity contribution in [2.24, 2.45) is 11.7 Å². The van der Waals surface area contributed by atoms with Gasteiger partial charge in [0.2, 0.25) is 0 Å². The molecule has 3 atom stereocenters. The standard InChI is InChI=1S/C16H13BrClNO2S2/c17-10-3-1-9(2-4-10)13-14(16(19)22)15(13)23(20,21)12-7-5-11(18)6-8-12/h1-8,13-15H,(H2,19,22). The Hall–Kier alpha value is -0.950. The molecule has 2 aromatic carbocycles. The van der Waals surface area contributed by atoms with Gasteiger partial charge in [0.1, 0.15) is 0 Å². The van der Waals surface area contributed by atoms with Crippen molar-refractivity contribution in [2.45, 2.75) is 16.1 Å². The molecule has 0 aromatic heterocycles. The number of nitrogens with two attached hydrogens (primary N) is 1. The predicted octanol–water partition coefficient (Wildman–Crippen LogP) is 3.94. The van der Waals surface area contributed by atoms with Crippen LogP contribution in [0.15, 0.2) is 57.9 Å². The van der Waals surface area contributed by atoms with Gasteiger partial charge in [-0.2, -0.15) is 0 Å². The lowest BCUT2D eigenvalue weighted by Gasteiger charge is -2.04. The molecular formula is C16H13BrClNO2S2. The summed E-state index contributed by atoms with van der Waals surface area (Å²) in [6, 6.07) is 13.8. The van der Waals surface area contributed by atoms with E-state index in [1.807, 2.05) is 24.3 Å². The van der Waals surface area contributed by atoms with Crippen LogP contribution in [0.25, 0.3) is 0 Å². The Morgan fingerprint density at radius 3 is 2.17 bits per heavy atom. The van der Waals surface area contributed by atoms with Crippen molar-refractivity contribution in [1.29, 1.82) is 0 Å². The zero-order chi connectivity index (χ0) is 16.8. The molecule has 1 fully saturated rings. The molecule has 0 aliphatic heterocycles. The smallest absolute Gasteiger partial charge is 0.182 e. The summed E-state index contributed by atoms with van der Waals surface area (Å²) in [5.74, 6) is -0.548. The van der Waals surface area contributed by atoms with E-state index in [1.165, 1.54) is 12.1 Å². The molecule has 23 heavy (non-hydrogen) atoms. The molecule has 0 spiro atoms. The highest BCUT2D eigenvalue weighted by atomic mass is 79.9. The van der Waals surface area contributed by atoms with Crippen molar-refractivity contribution >= 4 is 54.6 Å². The van der Waals surface area contributed by atoms with Gasteiger partial charge in [-0.05, 0) is 42.0 Å². The van der Waals surface area contributed by atoms with Crippen LogP contribution in [0.2, 0.25) is 5.02 Å². The Bertz CT molecular complexity index is 851. The SMILES string of the molecule is NC(=S)C1C(c2ccc(Br)cc2)C1S(=O)(=O)c1ccc(Cl)cc1. The molecule has 1 aliphatic rings. The van der Waals surface area contributed by atoms with Crippen molar-refractivity contribution in [3.05, 3.63) is 63.6 Å². The predicted molar refractivity (Wildman–Crippen MR) is 99.6 cm³/mol. The third kappa shape index (κ3) is 3.18. The van der Waals surface area contributed by atoms with E-state index in [4.69, 9.17) is 29.6 Å². The quantitative estimate of drug-likeness (QED) is 0.746. The third-order valence-corrected chi connectivity index (χ3v) is 7.32. The molecule has 2 N–H and O–H groups in total. The van der Waals surface area contributed by atoms with Crippen molar-refractivity contribution in [2.75, 3.05) is 0 Å². The van der Waals surface area contributed by atoms with E-state index >= 15 is 0 Å². The van der Waals surface area contributed by atoms with E-state index in [9.17, 15) is 8.42 Å². The molecule has 1 aliphatic carbocycles. The molecule has 2 aromatic rings. The van der Waals surface area contributed by atoms with Crippen LogP contribution >= 0.6 is 39.7 Å². The summed E-state index contributed by atoms with van der Waals surface area (Å²) in [4.78, 5) is 0.480. The Labute approximate surface area is 153 Å². The first kappa shape index (κ1) is 16.9. The second-order valence-electron chi connectivity index (χ2n) is 5.47. The maximum absolute atomic E-state index is 12.9. The summed E-state index contributed by atoms with van der Waals surface area (Å²) in [6.07, 6.45) is 0. The van der Waals surface area contributed by atoms with Gasteiger partial charge in [0.15, 0.2) is 9.84 Å². The minimum absolute atomic E-state index is 0.207. The number of sulfone groups is 1. The molecule has 0 heterocycles. The minimum Gasteiger partial charge on any atom is -0.393 e. The van der Waals surface area contributed by atoms with Crippen LogP contribution in [0.3, 0.4) is 0 Å². The van der Waals surface area contributed by atoms with Gasteiger partial charge in [-0.25, -0.2) is 8.42 Å². The summed E-state index contributed by atoms with van der Waals surface area (Å²) in [7, 11) is -3.52. The average molecular weight is 431 g/mol. The van der Waals surface area contributed by atoms with E-state index in [0.717, 1.165) is 10.0 Å². The average Bonchev–Trinajstić information content (AvgIpc) is 3.25. The van der Waals surface area contributed by atoms with Crippen LogP contribution in [-0.2, 0) is 9.84 Å². The van der Waals surface area contributed by atoms with E-state index in [-0.39, 0.29) is 21.7 Å². The summed E-state index contributed by atoms with van der Waals surface area (Å²) < 4.78 is 26.7. The fourth-order valence-electron chi connectivity index (χ4n) is 2.87. The molecule has 3 rings (SSSR count). The zero-order valence-corrected chi connectivity index (χ0v) is 15.8. The van der Waals surface area contributed by atoms with Gasteiger partial charge in [-0.15, -0.1) is 0 Å². The highest BCUT2D eigenvalue weighted by molar-refractivity contribution is 9.10. The molecule has 7 heteroatoms. The van der Waals surface area contributed by atoms with E-state index in [0.29, 0.717) is 5.02 Å². The lowest BCUT2D eigenvalue weighted by molar-refractivity contribution is 0.593. The second-order valence-corrected chi connectivity index (χ2v) is 9.40. The van der Waals surface area contributed by atoms with Crippen LogP contribution in [0.4, 0.5) is 0 Å². The highest BCUT2D eigenvalue weighted by Crippen LogP contribution is 2.54. The first-order valence-electron chi connectivity index (χ1n) is 6.86. The Morgan fingerprint density at radius 2 is 1.65 bits per heavy atom. The number of rotatable bonds is 4.